The Hall–Kier alpha value is -3.33. The third-order valence-electron chi connectivity index (χ3n) is 7.37. The van der Waals surface area contributed by atoms with Gasteiger partial charge in [-0.2, -0.15) is 0 Å². The van der Waals surface area contributed by atoms with Gasteiger partial charge in [-0.05, 0) is 49.4 Å². The lowest BCUT2D eigenvalue weighted by atomic mass is 9.75. The molecule has 4 amide bonds. The molecule has 0 aliphatic carbocycles. The molecule has 2 aromatic rings. The average Bonchev–Trinajstić information content (AvgIpc) is 3.49. The fourth-order valence-corrected chi connectivity index (χ4v) is 5.49. The highest BCUT2D eigenvalue weighted by atomic mass is 19.1. The van der Waals surface area contributed by atoms with E-state index in [2.05, 4.69) is 10.3 Å². The first-order valence-electron chi connectivity index (χ1n) is 12.2. The number of aromatic nitrogens is 1. The number of nitrogens with zero attached hydrogens (tertiary/aromatic N) is 3. The molecule has 8 nitrogen and oxygen atoms in total. The van der Waals surface area contributed by atoms with Crippen LogP contribution in [-0.2, 0) is 26.3 Å². The number of halogens is 1. The Kier molecular flexibility index (Phi) is 6.51. The van der Waals surface area contributed by atoms with Gasteiger partial charge in [0.05, 0.1) is 24.8 Å². The van der Waals surface area contributed by atoms with Gasteiger partial charge in [0.25, 0.3) is 5.91 Å². The minimum absolute atomic E-state index is 0.00639. The quantitative estimate of drug-likeness (QED) is 0.642. The number of hydrogen-bond donors (Lipinski definition) is 1. The molecular weight excluding hydrogens is 451 g/mol. The number of carbonyl (C=O) groups is 3. The number of pyridine rings is 1. The molecular formula is C26H29FN4O4. The predicted octanol–water partition coefficient (Wildman–Crippen LogP) is 2.63. The molecule has 9 heteroatoms. The molecule has 3 aliphatic rings. The van der Waals surface area contributed by atoms with E-state index in [1.807, 2.05) is 0 Å². The predicted molar refractivity (Wildman–Crippen MR) is 125 cm³/mol. The van der Waals surface area contributed by atoms with Crippen LogP contribution in [0.15, 0.2) is 48.7 Å². The number of urea groups is 1. The highest BCUT2D eigenvalue weighted by Gasteiger charge is 2.58. The van der Waals surface area contributed by atoms with Gasteiger partial charge in [0.15, 0.2) is 5.54 Å². The maximum Gasteiger partial charge on any atom is 0.325 e. The van der Waals surface area contributed by atoms with Gasteiger partial charge in [-0.15, -0.1) is 0 Å². The van der Waals surface area contributed by atoms with Crippen LogP contribution in [0.4, 0.5) is 9.18 Å². The first kappa shape index (κ1) is 23.4. The van der Waals surface area contributed by atoms with Gasteiger partial charge in [0, 0.05) is 31.8 Å². The molecule has 0 spiro atoms. The van der Waals surface area contributed by atoms with Crippen molar-refractivity contribution in [1.82, 2.24) is 20.1 Å². The molecule has 1 aromatic carbocycles. The Morgan fingerprint density at radius 1 is 1.11 bits per heavy atom. The highest BCUT2D eigenvalue weighted by Crippen LogP contribution is 2.41. The van der Waals surface area contributed by atoms with Crippen molar-refractivity contribution in [3.8, 4) is 0 Å². The molecule has 5 rings (SSSR count). The Bertz CT molecular complexity index is 1100. The zero-order valence-corrected chi connectivity index (χ0v) is 19.5. The van der Waals surface area contributed by atoms with Gasteiger partial charge in [0.2, 0.25) is 5.91 Å². The van der Waals surface area contributed by atoms with E-state index in [0.29, 0.717) is 43.8 Å². The number of ether oxygens (including phenoxy) is 1. The van der Waals surface area contributed by atoms with Gasteiger partial charge in [-0.25, -0.2) is 9.18 Å². The smallest absolute Gasteiger partial charge is 0.325 e. The van der Waals surface area contributed by atoms with Gasteiger partial charge in [-0.1, -0.05) is 24.3 Å². The van der Waals surface area contributed by atoms with E-state index in [0.717, 1.165) is 12.8 Å². The van der Waals surface area contributed by atoms with Gasteiger partial charge < -0.3 is 15.0 Å². The third kappa shape index (κ3) is 4.40. The third-order valence-corrected chi connectivity index (χ3v) is 7.37. The Labute approximate surface area is 203 Å². The molecule has 3 fully saturated rings. The average molecular weight is 481 g/mol. The Morgan fingerprint density at radius 3 is 2.57 bits per heavy atom. The summed E-state index contributed by atoms with van der Waals surface area (Å²) < 4.78 is 19.7. The number of imide groups is 1. The largest absolute Gasteiger partial charge is 0.376 e. The van der Waals surface area contributed by atoms with Crippen molar-refractivity contribution in [2.24, 2.45) is 5.92 Å². The summed E-state index contributed by atoms with van der Waals surface area (Å²) in [6.45, 7) is 1.70. The Morgan fingerprint density at radius 2 is 1.89 bits per heavy atom. The molecule has 184 valence electrons. The van der Waals surface area contributed by atoms with Gasteiger partial charge in [-0.3, -0.25) is 19.5 Å². The lowest BCUT2D eigenvalue weighted by Crippen LogP contribution is -2.55. The van der Waals surface area contributed by atoms with Crippen molar-refractivity contribution in [2.75, 3.05) is 26.2 Å². The van der Waals surface area contributed by atoms with Crippen LogP contribution in [0.5, 0.6) is 0 Å². The molecule has 2 atom stereocenters. The van der Waals surface area contributed by atoms with Crippen LogP contribution in [0, 0.1) is 11.7 Å². The standard InChI is InChI=1S/C26H29FN4O4/c27-21-8-2-1-6-18(21)16-23(32)30-13-10-19(11-14-30)26(22-9-3-4-12-28-22)24(33)31(25(34)29-26)17-20-7-5-15-35-20/h1-4,6,8-9,12,19-20H,5,7,10-11,13-17H2,(H,29,34)/t20-,26+/m0/s1. The highest BCUT2D eigenvalue weighted by molar-refractivity contribution is 6.07. The molecule has 0 bridgehead atoms. The van der Waals surface area contributed by atoms with Gasteiger partial charge >= 0.3 is 6.03 Å². The summed E-state index contributed by atoms with van der Waals surface area (Å²) >= 11 is 0. The fourth-order valence-electron chi connectivity index (χ4n) is 5.49. The number of piperidine rings is 1. The molecule has 0 saturated carbocycles. The number of nitrogens with one attached hydrogen (secondary N) is 1. The van der Waals surface area contributed by atoms with E-state index in [9.17, 15) is 18.8 Å². The minimum Gasteiger partial charge on any atom is -0.376 e. The van der Waals surface area contributed by atoms with Crippen LogP contribution in [-0.4, -0.2) is 65.0 Å². The van der Waals surface area contributed by atoms with E-state index in [4.69, 9.17) is 4.74 Å². The van der Waals surface area contributed by atoms with Crippen LogP contribution in [0.2, 0.25) is 0 Å². The summed E-state index contributed by atoms with van der Waals surface area (Å²) in [4.78, 5) is 47.2. The SMILES string of the molecule is O=C(Cc1ccccc1F)N1CCC([C@]2(c3ccccn3)NC(=O)N(C[C@@H]3CCCO3)C2=O)CC1. The lowest BCUT2D eigenvalue weighted by Gasteiger charge is -2.40. The van der Waals surface area contributed by atoms with Crippen molar-refractivity contribution in [1.29, 1.82) is 0 Å². The van der Waals surface area contributed by atoms with Crippen LogP contribution in [0.3, 0.4) is 0 Å². The summed E-state index contributed by atoms with van der Waals surface area (Å²) in [6.07, 6.45) is 4.22. The maximum atomic E-state index is 14.0. The van der Waals surface area contributed by atoms with Crippen molar-refractivity contribution in [2.45, 2.75) is 43.7 Å². The number of carbonyl (C=O) groups excluding carboxylic acids is 3. The normalized spacial score (nSPS) is 25.2. The minimum atomic E-state index is -1.28. The number of likely N-dealkylation sites (tertiary alicyclic amines) is 1. The summed E-state index contributed by atoms with van der Waals surface area (Å²) in [7, 11) is 0. The number of benzene rings is 1. The molecule has 3 saturated heterocycles. The van der Waals surface area contributed by atoms with Crippen molar-refractivity contribution in [3.05, 3.63) is 65.7 Å². The first-order valence-corrected chi connectivity index (χ1v) is 12.2. The topological polar surface area (TPSA) is 91.8 Å². The van der Waals surface area contributed by atoms with Crippen LogP contribution in [0.25, 0.3) is 0 Å². The number of rotatable bonds is 6. The maximum absolute atomic E-state index is 14.0. The van der Waals surface area contributed by atoms with Crippen molar-refractivity contribution in [3.63, 3.8) is 0 Å². The van der Waals surface area contributed by atoms with E-state index >= 15 is 0 Å². The van der Waals surface area contributed by atoms with Gasteiger partial charge in [0.1, 0.15) is 5.82 Å². The summed E-state index contributed by atoms with van der Waals surface area (Å²) in [5.74, 6) is -1.09. The summed E-state index contributed by atoms with van der Waals surface area (Å²) in [5.41, 5.74) is -0.408. The molecule has 3 aliphatic heterocycles. The fraction of sp³-hybridized carbons (Fsp3) is 0.462. The van der Waals surface area contributed by atoms with Crippen LogP contribution < -0.4 is 5.32 Å². The molecule has 35 heavy (non-hydrogen) atoms. The van der Waals surface area contributed by atoms with E-state index in [1.165, 1.54) is 11.0 Å². The summed E-state index contributed by atoms with van der Waals surface area (Å²) in [5, 5.41) is 2.98. The monoisotopic (exact) mass is 480 g/mol. The number of hydrogen-bond acceptors (Lipinski definition) is 5. The Balaban J connectivity index is 1.34. The second-order valence-corrected chi connectivity index (χ2v) is 9.43. The number of amides is 4. The second-order valence-electron chi connectivity index (χ2n) is 9.43. The second kappa shape index (κ2) is 9.73. The van der Waals surface area contributed by atoms with Crippen LogP contribution in [0.1, 0.15) is 36.9 Å². The zero-order chi connectivity index (χ0) is 24.4. The first-order chi connectivity index (χ1) is 17.0. The van der Waals surface area contributed by atoms with Crippen molar-refractivity contribution < 1.29 is 23.5 Å². The lowest BCUT2D eigenvalue weighted by molar-refractivity contribution is -0.137. The molecule has 0 unspecified atom stereocenters. The van der Waals surface area contributed by atoms with E-state index in [-0.39, 0.29) is 36.8 Å². The summed E-state index contributed by atoms with van der Waals surface area (Å²) in [6, 6.07) is 11.2. The molecule has 4 heterocycles. The van der Waals surface area contributed by atoms with Crippen molar-refractivity contribution >= 4 is 17.8 Å². The van der Waals surface area contributed by atoms with E-state index in [1.54, 1.807) is 47.5 Å². The molecule has 1 N–H and O–H groups in total. The zero-order valence-electron chi connectivity index (χ0n) is 19.5. The molecule has 0 radical (unpaired) electrons. The molecule has 1 aromatic heterocycles. The van der Waals surface area contributed by atoms with E-state index < -0.39 is 17.4 Å². The van der Waals surface area contributed by atoms with Crippen LogP contribution >= 0.6 is 0 Å².